The summed E-state index contributed by atoms with van der Waals surface area (Å²) >= 11 is 0. The lowest BCUT2D eigenvalue weighted by molar-refractivity contribution is -0.136. The molecule has 1 fully saturated rings. The molecule has 8 rings (SSSR count). The zero-order valence-corrected chi connectivity index (χ0v) is 28.7. The number of imide groups is 1. The number of hydrogen-bond acceptors (Lipinski definition) is 7. The maximum absolute atomic E-state index is 13.1. The molecule has 0 radical (unpaired) electrons. The summed E-state index contributed by atoms with van der Waals surface area (Å²) in [6.45, 7) is 0.544. The topological polar surface area (TPSA) is 143 Å². The predicted molar refractivity (Wildman–Crippen MR) is 199 cm³/mol. The second-order valence-corrected chi connectivity index (χ2v) is 13.1. The Balaban J connectivity index is 0.904. The van der Waals surface area contributed by atoms with Gasteiger partial charge >= 0.3 is 0 Å². The first-order chi connectivity index (χ1) is 25.8. The average Bonchev–Trinajstić information content (AvgIpc) is 3.69. The van der Waals surface area contributed by atoms with Crippen molar-refractivity contribution in [2.24, 2.45) is 7.05 Å². The molecule has 0 aliphatic carbocycles. The summed E-state index contributed by atoms with van der Waals surface area (Å²) in [7, 11) is 1.93. The van der Waals surface area contributed by atoms with Crippen LogP contribution in [0.5, 0.6) is 0 Å². The van der Waals surface area contributed by atoms with Crippen molar-refractivity contribution in [3.8, 4) is 34.2 Å². The van der Waals surface area contributed by atoms with Gasteiger partial charge in [0.1, 0.15) is 11.7 Å². The van der Waals surface area contributed by atoms with E-state index in [1.165, 1.54) is 4.90 Å². The van der Waals surface area contributed by atoms with Gasteiger partial charge in [0.05, 0.1) is 5.69 Å². The largest absolute Gasteiger partial charge is 0.350 e. The number of fused-ring (bicyclic) bond motifs is 3. The molecule has 11 nitrogen and oxygen atoms in total. The summed E-state index contributed by atoms with van der Waals surface area (Å²) in [4.78, 5) is 72.2. The molecule has 1 saturated heterocycles. The van der Waals surface area contributed by atoms with E-state index in [-0.39, 0.29) is 36.4 Å². The Bertz CT molecular complexity index is 2580. The van der Waals surface area contributed by atoms with Gasteiger partial charge in [-0.1, -0.05) is 42.2 Å². The fraction of sp³-hybridized carbons (Fsp3) is 0.167. The second kappa shape index (κ2) is 13.7. The number of aryl methyl sites for hydroxylation is 1. The van der Waals surface area contributed by atoms with Crippen molar-refractivity contribution in [1.29, 1.82) is 0 Å². The summed E-state index contributed by atoms with van der Waals surface area (Å²) in [5, 5.41) is 8.05. The van der Waals surface area contributed by atoms with E-state index in [0.29, 0.717) is 36.1 Å². The molecule has 11 heteroatoms. The molecule has 3 aromatic carbocycles. The summed E-state index contributed by atoms with van der Waals surface area (Å²) in [6, 6.07) is 22.3. The first kappa shape index (κ1) is 33.2. The molecular weight excluding hydrogens is 668 g/mol. The molecule has 1 atom stereocenters. The zero-order valence-electron chi connectivity index (χ0n) is 28.7. The Morgan fingerprint density at radius 1 is 0.962 bits per heavy atom. The third-order valence-corrected chi connectivity index (χ3v) is 9.86. The van der Waals surface area contributed by atoms with Gasteiger partial charge in [-0.15, -0.1) is 0 Å². The molecule has 3 aromatic heterocycles. The Morgan fingerprint density at radius 2 is 1.79 bits per heavy atom. The van der Waals surface area contributed by atoms with Crippen LogP contribution in [0.3, 0.4) is 0 Å². The number of rotatable bonds is 7. The number of pyridine rings is 2. The van der Waals surface area contributed by atoms with E-state index in [1.54, 1.807) is 24.4 Å². The van der Waals surface area contributed by atoms with E-state index in [1.807, 2.05) is 72.5 Å². The van der Waals surface area contributed by atoms with Crippen LogP contribution in [0.15, 0.2) is 91.4 Å². The number of hydrogen-bond donors (Lipinski definition) is 2. The van der Waals surface area contributed by atoms with Gasteiger partial charge in [0.25, 0.3) is 11.8 Å². The van der Waals surface area contributed by atoms with E-state index < -0.39 is 11.9 Å². The Labute approximate surface area is 304 Å². The number of aromatic nitrogens is 3. The number of nitrogens with zero attached hydrogens (tertiary/aromatic N) is 4. The molecule has 0 spiro atoms. The lowest BCUT2D eigenvalue weighted by Gasteiger charge is -2.29. The van der Waals surface area contributed by atoms with E-state index in [9.17, 15) is 24.0 Å². The Morgan fingerprint density at radius 3 is 2.60 bits per heavy atom. The average molecular weight is 701 g/mol. The van der Waals surface area contributed by atoms with Crippen molar-refractivity contribution < 1.29 is 24.0 Å². The van der Waals surface area contributed by atoms with Gasteiger partial charge in [0, 0.05) is 90.1 Å². The van der Waals surface area contributed by atoms with Gasteiger partial charge in [0.15, 0.2) is 6.29 Å². The molecule has 6 aromatic rings. The van der Waals surface area contributed by atoms with Gasteiger partial charge in [0.2, 0.25) is 11.8 Å². The highest BCUT2D eigenvalue weighted by Gasteiger charge is 2.39. The van der Waals surface area contributed by atoms with Gasteiger partial charge in [-0.05, 0) is 71.0 Å². The third kappa shape index (κ3) is 6.21. The van der Waals surface area contributed by atoms with Crippen molar-refractivity contribution in [3.05, 3.63) is 119 Å². The minimum Gasteiger partial charge on any atom is -0.350 e. The molecule has 2 N–H and O–H groups in total. The van der Waals surface area contributed by atoms with E-state index in [2.05, 4.69) is 33.5 Å². The van der Waals surface area contributed by atoms with Gasteiger partial charge in [-0.2, -0.15) is 0 Å². The summed E-state index contributed by atoms with van der Waals surface area (Å²) in [5.74, 6) is 4.83. The van der Waals surface area contributed by atoms with Crippen molar-refractivity contribution >= 4 is 51.6 Å². The quantitative estimate of drug-likeness (QED) is 0.101. The summed E-state index contributed by atoms with van der Waals surface area (Å²) in [6.07, 6.45) is 7.05. The van der Waals surface area contributed by atoms with Crippen molar-refractivity contribution in [3.63, 3.8) is 0 Å². The van der Waals surface area contributed by atoms with Crippen LogP contribution in [0.1, 0.15) is 61.6 Å². The number of piperidine rings is 1. The lowest BCUT2D eigenvalue weighted by Crippen LogP contribution is -2.52. The molecule has 2 aliphatic rings. The van der Waals surface area contributed by atoms with Crippen LogP contribution in [0.25, 0.3) is 44.1 Å². The minimum absolute atomic E-state index is 0.192. The fourth-order valence-corrected chi connectivity index (χ4v) is 7.13. The number of amides is 4. The molecule has 0 bridgehead atoms. The van der Waals surface area contributed by atoms with Crippen molar-refractivity contribution in [2.75, 3.05) is 6.54 Å². The second-order valence-electron chi connectivity index (χ2n) is 13.1. The lowest BCUT2D eigenvalue weighted by atomic mass is 9.97. The van der Waals surface area contributed by atoms with E-state index >= 15 is 0 Å². The monoisotopic (exact) mass is 700 g/mol. The number of nitrogens with one attached hydrogen (secondary N) is 2. The Kier molecular flexibility index (Phi) is 8.56. The molecule has 260 valence electrons. The zero-order chi connectivity index (χ0) is 36.6. The van der Waals surface area contributed by atoms with E-state index in [4.69, 9.17) is 4.98 Å². The number of carbonyl (C=O) groups is 5. The first-order valence-electron chi connectivity index (χ1n) is 17.2. The van der Waals surface area contributed by atoms with Crippen LogP contribution >= 0.6 is 0 Å². The number of benzene rings is 3. The fourth-order valence-electron chi connectivity index (χ4n) is 7.13. The molecular formula is C42H32N6O5. The van der Waals surface area contributed by atoms with Crippen LogP contribution in [0.4, 0.5) is 0 Å². The standard InChI is InChI=1S/C42H32N6O5/c1-47-22-29(24-49)32-18-27(12-14-37(32)47)30-9-5-8-26-19-36(45-21-33(26)30)28-11-13-35(44-20-28)40(51)43-17-3-2-6-25-7-4-10-31-34(25)23-48(42(31)53)38-15-16-39(50)46-41(38)52/h4-5,7-14,18-22,24,38H,3,15-17,23H2,1H3,(H,43,51)(H,46,50,52). The normalized spacial score (nSPS) is 15.2. The van der Waals surface area contributed by atoms with Gasteiger partial charge in [-0.25, -0.2) is 0 Å². The van der Waals surface area contributed by atoms with Crippen LogP contribution in [0.2, 0.25) is 0 Å². The Hall–Kier alpha value is -6.93. The summed E-state index contributed by atoms with van der Waals surface area (Å²) in [5.41, 5.74) is 7.35. The van der Waals surface area contributed by atoms with Crippen LogP contribution in [-0.4, -0.2) is 61.9 Å². The SMILES string of the molecule is Cn1cc(C=O)c2cc(-c3cccc4cc(-c5ccc(C(=O)NCCC#Cc6cccc7c6CN(C6CCC(=O)NC6=O)C7=O)nc5)ncc34)ccc21. The molecule has 2 aliphatic heterocycles. The van der Waals surface area contributed by atoms with Gasteiger partial charge in [-0.3, -0.25) is 39.3 Å². The van der Waals surface area contributed by atoms with Crippen molar-refractivity contribution in [1.82, 2.24) is 30.1 Å². The molecule has 1 unspecified atom stereocenters. The number of carbonyl (C=O) groups excluding carboxylic acids is 5. The predicted octanol–water partition coefficient (Wildman–Crippen LogP) is 5.20. The highest BCUT2D eigenvalue weighted by atomic mass is 16.2. The van der Waals surface area contributed by atoms with Crippen LogP contribution < -0.4 is 10.6 Å². The smallest absolute Gasteiger partial charge is 0.269 e. The summed E-state index contributed by atoms with van der Waals surface area (Å²) < 4.78 is 1.95. The minimum atomic E-state index is -0.689. The molecule has 5 heterocycles. The maximum atomic E-state index is 13.1. The molecule has 4 amide bonds. The first-order valence-corrected chi connectivity index (χ1v) is 17.2. The van der Waals surface area contributed by atoms with Crippen LogP contribution in [-0.2, 0) is 23.2 Å². The van der Waals surface area contributed by atoms with Gasteiger partial charge < -0.3 is 14.8 Å². The highest BCUT2D eigenvalue weighted by Crippen LogP contribution is 2.33. The van der Waals surface area contributed by atoms with E-state index in [0.717, 1.165) is 55.9 Å². The molecule has 0 saturated carbocycles. The van der Waals surface area contributed by atoms with Crippen LogP contribution in [0, 0.1) is 11.8 Å². The van der Waals surface area contributed by atoms with Crippen molar-refractivity contribution in [2.45, 2.75) is 31.8 Å². The third-order valence-electron chi connectivity index (χ3n) is 9.86. The highest BCUT2D eigenvalue weighted by molar-refractivity contribution is 6.06. The number of aldehydes is 1. The molecule has 53 heavy (non-hydrogen) atoms. The maximum Gasteiger partial charge on any atom is 0.269 e.